The minimum atomic E-state index is 0.655. The number of nitrogens with zero attached hydrogens (tertiary/aromatic N) is 2. The van der Waals surface area contributed by atoms with E-state index in [9.17, 15) is 0 Å². The highest BCUT2D eigenvalue weighted by molar-refractivity contribution is 5.17. The summed E-state index contributed by atoms with van der Waals surface area (Å²) in [6, 6.07) is 5.44. The van der Waals surface area contributed by atoms with Gasteiger partial charge in [-0.25, -0.2) is 4.98 Å². The number of aromatic nitrogens is 1. The van der Waals surface area contributed by atoms with E-state index >= 15 is 0 Å². The van der Waals surface area contributed by atoms with Crippen molar-refractivity contribution in [1.82, 2.24) is 15.2 Å². The number of hydrogen-bond donors (Lipinski definition) is 1. The predicted octanol–water partition coefficient (Wildman–Crippen LogP) is 1.81. The first-order chi connectivity index (χ1) is 9.36. The second-order valence-corrected chi connectivity index (χ2v) is 5.58. The lowest BCUT2D eigenvalue weighted by molar-refractivity contribution is 0.180. The third-order valence-corrected chi connectivity index (χ3v) is 4.43. The van der Waals surface area contributed by atoms with Crippen LogP contribution in [0.2, 0.25) is 0 Å². The molecule has 3 heterocycles. The van der Waals surface area contributed by atoms with Crippen LogP contribution in [-0.4, -0.2) is 42.2 Å². The largest absolute Gasteiger partial charge is 0.481 e. The first-order valence-electron chi connectivity index (χ1n) is 7.33. The maximum atomic E-state index is 5.08. The van der Waals surface area contributed by atoms with E-state index in [1.54, 1.807) is 7.11 Å². The fourth-order valence-electron chi connectivity index (χ4n) is 3.37. The van der Waals surface area contributed by atoms with E-state index in [-0.39, 0.29) is 0 Å². The van der Waals surface area contributed by atoms with Crippen LogP contribution in [0.3, 0.4) is 0 Å². The molecule has 0 amide bonds. The molecule has 0 radical (unpaired) electrons. The second kappa shape index (κ2) is 5.88. The fraction of sp³-hybridized carbons (Fsp3) is 0.667. The second-order valence-electron chi connectivity index (χ2n) is 5.58. The Kier molecular flexibility index (Phi) is 3.99. The minimum absolute atomic E-state index is 0.655. The Bertz CT molecular complexity index is 406. The Morgan fingerprint density at radius 3 is 3.05 bits per heavy atom. The lowest BCUT2D eigenvalue weighted by Crippen LogP contribution is -2.44. The van der Waals surface area contributed by atoms with Crippen LogP contribution in [0.4, 0.5) is 0 Å². The van der Waals surface area contributed by atoms with E-state index in [4.69, 9.17) is 4.74 Å². The normalized spacial score (nSPS) is 27.2. The van der Waals surface area contributed by atoms with Gasteiger partial charge in [-0.05, 0) is 31.4 Å². The van der Waals surface area contributed by atoms with Crippen molar-refractivity contribution >= 4 is 0 Å². The molecule has 1 aromatic rings. The molecule has 0 aromatic carbocycles. The van der Waals surface area contributed by atoms with E-state index in [0.29, 0.717) is 11.9 Å². The van der Waals surface area contributed by atoms with Crippen LogP contribution in [0.25, 0.3) is 0 Å². The van der Waals surface area contributed by atoms with Crippen molar-refractivity contribution in [3.8, 4) is 5.88 Å². The van der Waals surface area contributed by atoms with Crippen LogP contribution in [0.15, 0.2) is 18.3 Å². The number of methoxy groups -OCH3 is 1. The molecular formula is C15H23N3O. The quantitative estimate of drug-likeness (QED) is 0.897. The molecule has 0 spiro atoms. The van der Waals surface area contributed by atoms with Crippen LogP contribution < -0.4 is 10.1 Å². The molecule has 2 aliphatic rings. The molecule has 1 N–H and O–H groups in total. The monoisotopic (exact) mass is 261 g/mol. The van der Waals surface area contributed by atoms with Gasteiger partial charge in [0.2, 0.25) is 5.88 Å². The Labute approximate surface area is 115 Å². The van der Waals surface area contributed by atoms with E-state index in [1.807, 2.05) is 12.3 Å². The number of nitrogens with one attached hydrogen (secondary N) is 1. The van der Waals surface area contributed by atoms with Gasteiger partial charge in [0.25, 0.3) is 0 Å². The summed E-state index contributed by atoms with van der Waals surface area (Å²) in [7, 11) is 1.65. The van der Waals surface area contributed by atoms with Crippen LogP contribution in [0.5, 0.6) is 5.88 Å². The lowest BCUT2D eigenvalue weighted by Gasteiger charge is -2.32. The summed E-state index contributed by atoms with van der Waals surface area (Å²) in [6.07, 6.45) is 7.32. The molecule has 2 unspecified atom stereocenters. The molecule has 0 aliphatic carbocycles. The van der Waals surface area contributed by atoms with Crippen LogP contribution in [-0.2, 0) is 6.54 Å². The fourth-order valence-corrected chi connectivity index (χ4v) is 3.37. The summed E-state index contributed by atoms with van der Waals surface area (Å²) in [4.78, 5) is 6.91. The Hall–Kier alpha value is -1.13. The number of piperidine rings is 1. The molecule has 2 atom stereocenters. The Morgan fingerprint density at radius 2 is 2.26 bits per heavy atom. The molecule has 3 rings (SSSR count). The van der Waals surface area contributed by atoms with Crippen LogP contribution in [0, 0.1) is 0 Å². The third kappa shape index (κ3) is 2.90. The van der Waals surface area contributed by atoms with Crippen molar-refractivity contribution in [3.05, 3.63) is 23.9 Å². The number of ether oxygens (including phenoxy) is 1. The van der Waals surface area contributed by atoms with Crippen molar-refractivity contribution in [2.45, 2.75) is 44.3 Å². The highest BCUT2D eigenvalue weighted by Gasteiger charge is 2.34. The molecule has 0 bridgehead atoms. The van der Waals surface area contributed by atoms with Gasteiger partial charge in [0.1, 0.15) is 0 Å². The molecule has 104 valence electrons. The summed E-state index contributed by atoms with van der Waals surface area (Å²) in [5.74, 6) is 0.683. The van der Waals surface area contributed by atoms with Gasteiger partial charge in [0.15, 0.2) is 0 Å². The zero-order valence-electron chi connectivity index (χ0n) is 11.6. The molecular weight excluding hydrogens is 238 g/mol. The van der Waals surface area contributed by atoms with E-state index in [0.717, 1.165) is 12.6 Å². The standard InChI is InChI=1S/C15H23N3O/c1-19-15-6-5-12(11-17-15)10-16-13-7-9-18-8-3-2-4-14(13)18/h5-6,11,13-14,16H,2-4,7-10H2,1H3. The zero-order chi connectivity index (χ0) is 13.1. The molecule has 1 aromatic heterocycles. The van der Waals surface area contributed by atoms with Gasteiger partial charge in [0, 0.05) is 37.4 Å². The average molecular weight is 261 g/mol. The van der Waals surface area contributed by atoms with Crippen molar-refractivity contribution in [2.75, 3.05) is 20.2 Å². The van der Waals surface area contributed by atoms with Crippen molar-refractivity contribution in [1.29, 1.82) is 0 Å². The summed E-state index contributed by atoms with van der Waals surface area (Å²) < 4.78 is 5.08. The smallest absolute Gasteiger partial charge is 0.212 e. The Balaban J connectivity index is 1.54. The first kappa shape index (κ1) is 12.9. The first-order valence-corrected chi connectivity index (χ1v) is 7.33. The molecule has 4 nitrogen and oxygen atoms in total. The molecule has 4 heteroatoms. The number of fused-ring (bicyclic) bond motifs is 1. The molecule has 19 heavy (non-hydrogen) atoms. The Morgan fingerprint density at radius 1 is 1.32 bits per heavy atom. The number of hydrogen-bond acceptors (Lipinski definition) is 4. The summed E-state index contributed by atoms with van der Waals surface area (Å²) >= 11 is 0. The predicted molar refractivity (Wildman–Crippen MR) is 75.2 cm³/mol. The van der Waals surface area contributed by atoms with Crippen LogP contribution >= 0.6 is 0 Å². The molecule has 2 saturated heterocycles. The number of pyridine rings is 1. The molecule has 2 aliphatic heterocycles. The van der Waals surface area contributed by atoms with Gasteiger partial charge in [0.05, 0.1) is 7.11 Å². The van der Waals surface area contributed by atoms with Gasteiger partial charge in [-0.1, -0.05) is 12.5 Å². The molecule has 0 saturated carbocycles. The van der Waals surface area contributed by atoms with Gasteiger partial charge in [-0.3, -0.25) is 4.90 Å². The topological polar surface area (TPSA) is 37.4 Å². The van der Waals surface area contributed by atoms with Gasteiger partial charge >= 0.3 is 0 Å². The van der Waals surface area contributed by atoms with E-state index in [2.05, 4.69) is 21.3 Å². The molecule has 2 fully saturated rings. The number of rotatable bonds is 4. The maximum absolute atomic E-state index is 5.08. The SMILES string of the molecule is COc1ccc(CNC2CCN3CCCCC23)cn1. The van der Waals surface area contributed by atoms with Gasteiger partial charge in [-0.2, -0.15) is 0 Å². The summed E-state index contributed by atoms with van der Waals surface area (Å²) in [6.45, 7) is 3.47. The van der Waals surface area contributed by atoms with E-state index < -0.39 is 0 Å². The van der Waals surface area contributed by atoms with Crippen molar-refractivity contribution in [3.63, 3.8) is 0 Å². The van der Waals surface area contributed by atoms with E-state index in [1.165, 1.54) is 44.3 Å². The van der Waals surface area contributed by atoms with Gasteiger partial charge in [-0.15, -0.1) is 0 Å². The van der Waals surface area contributed by atoms with Crippen LogP contribution in [0.1, 0.15) is 31.2 Å². The highest BCUT2D eigenvalue weighted by atomic mass is 16.5. The van der Waals surface area contributed by atoms with Gasteiger partial charge < -0.3 is 10.1 Å². The summed E-state index contributed by atoms with van der Waals surface area (Å²) in [5, 5.41) is 3.71. The van der Waals surface area contributed by atoms with Crippen molar-refractivity contribution < 1.29 is 4.74 Å². The lowest BCUT2D eigenvalue weighted by atomic mass is 9.99. The highest BCUT2D eigenvalue weighted by Crippen LogP contribution is 2.27. The van der Waals surface area contributed by atoms with Crippen molar-refractivity contribution in [2.24, 2.45) is 0 Å². The summed E-state index contributed by atoms with van der Waals surface area (Å²) in [5.41, 5.74) is 1.23. The maximum Gasteiger partial charge on any atom is 0.212 e. The average Bonchev–Trinajstić information content (AvgIpc) is 2.89. The minimum Gasteiger partial charge on any atom is -0.481 e. The third-order valence-electron chi connectivity index (χ3n) is 4.43. The zero-order valence-corrected chi connectivity index (χ0v) is 11.6.